The smallest absolute Gasteiger partial charge is 0.340 e. The molecule has 1 amide bonds. The number of hydrogen-bond acceptors (Lipinski definition) is 9. The molecule has 0 radical (unpaired) electrons. The highest BCUT2D eigenvalue weighted by Crippen LogP contribution is 2.39. The summed E-state index contributed by atoms with van der Waals surface area (Å²) in [5.74, 6) is -0.510. The summed E-state index contributed by atoms with van der Waals surface area (Å²) in [5, 5.41) is 17.8. The first kappa shape index (κ1) is 20.8. The zero-order chi connectivity index (χ0) is 22.5. The van der Waals surface area contributed by atoms with Crippen LogP contribution in [0.1, 0.15) is 16.8 Å². The lowest BCUT2D eigenvalue weighted by Crippen LogP contribution is -2.21. The molecular formula is C20H17N5O7. The Morgan fingerprint density at radius 3 is 2.66 bits per heavy atom. The first-order chi connectivity index (χ1) is 15.5. The van der Waals surface area contributed by atoms with E-state index in [1.54, 1.807) is 24.5 Å². The van der Waals surface area contributed by atoms with Gasteiger partial charge in [-0.15, -0.1) is 0 Å². The number of nitrogens with zero attached hydrogens (tertiary/aromatic N) is 4. The van der Waals surface area contributed by atoms with E-state index >= 15 is 0 Å². The Bertz CT molecular complexity index is 1150. The van der Waals surface area contributed by atoms with Crippen LogP contribution in [-0.2, 0) is 9.53 Å². The number of hydrogen-bond donors (Lipinski definition) is 1. The van der Waals surface area contributed by atoms with E-state index in [4.69, 9.17) is 14.2 Å². The summed E-state index contributed by atoms with van der Waals surface area (Å²) in [5.41, 5.74) is -0.326. The molecule has 0 bridgehead atoms. The number of pyridine rings is 1. The largest absolute Gasteiger partial charge is 0.489 e. The van der Waals surface area contributed by atoms with Gasteiger partial charge < -0.3 is 19.5 Å². The van der Waals surface area contributed by atoms with Crippen molar-refractivity contribution in [2.45, 2.75) is 6.42 Å². The van der Waals surface area contributed by atoms with Gasteiger partial charge in [0.25, 0.3) is 11.6 Å². The first-order valence-electron chi connectivity index (χ1n) is 9.52. The van der Waals surface area contributed by atoms with Gasteiger partial charge in [-0.2, -0.15) is 5.10 Å². The van der Waals surface area contributed by atoms with Crippen molar-refractivity contribution in [2.24, 2.45) is 0 Å². The Labute approximate surface area is 180 Å². The Balaban J connectivity index is 1.40. The summed E-state index contributed by atoms with van der Waals surface area (Å²) in [6.45, 7) is 0.0952. The van der Waals surface area contributed by atoms with E-state index in [0.29, 0.717) is 25.5 Å². The monoisotopic (exact) mass is 439 g/mol. The number of carbonyl (C=O) groups excluding carboxylic acids is 2. The van der Waals surface area contributed by atoms with Gasteiger partial charge in [0.2, 0.25) is 0 Å². The lowest BCUT2D eigenvalue weighted by molar-refractivity contribution is -0.384. The van der Waals surface area contributed by atoms with Gasteiger partial charge in [0, 0.05) is 31.1 Å². The lowest BCUT2D eigenvalue weighted by atomic mass is 10.2. The molecule has 2 aromatic heterocycles. The van der Waals surface area contributed by atoms with Crippen LogP contribution in [0.25, 0.3) is 5.82 Å². The van der Waals surface area contributed by atoms with Crippen LogP contribution in [0, 0.1) is 10.1 Å². The maximum absolute atomic E-state index is 12.3. The molecule has 164 valence electrons. The highest BCUT2D eigenvalue weighted by atomic mass is 16.6. The molecule has 12 nitrogen and oxygen atoms in total. The van der Waals surface area contributed by atoms with E-state index in [1.165, 1.54) is 29.1 Å². The number of rotatable bonds is 6. The Hall–Kier alpha value is -4.48. The van der Waals surface area contributed by atoms with E-state index in [-0.39, 0.29) is 28.4 Å². The van der Waals surface area contributed by atoms with Gasteiger partial charge in [0.05, 0.1) is 29.8 Å². The van der Waals surface area contributed by atoms with Crippen molar-refractivity contribution in [1.29, 1.82) is 0 Å². The van der Waals surface area contributed by atoms with Crippen LogP contribution >= 0.6 is 0 Å². The maximum atomic E-state index is 12.3. The third-order valence-electron chi connectivity index (χ3n) is 4.39. The number of nitrogens with one attached hydrogen (secondary N) is 1. The van der Waals surface area contributed by atoms with Crippen LogP contribution in [0.5, 0.6) is 11.5 Å². The van der Waals surface area contributed by atoms with Crippen molar-refractivity contribution in [3.05, 3.63) is 64.6 Å². The molecule has 0 unspecified atom stereocenters. The van der Waals surface area contributed by atoms with Gasteiger partial charge >= 0.3 is 5.97 Å². The number of nitro groups is 1. The molecule has 0 spiro atoms. The van der Waals surface area contributed by atoms with Gasteiger partial charge in [-0.25, -0.2) is 14.5 Å². The van der Waals surface area contributed by atoms with Crippen LogP contribution in [0.4, 0.5) is 11.4 Å². The number of benzene rings is 1. The molecule has 3 heterocycles. The minimum Gasteiger partial charge on any atom is -0.489 e. The minimum absolute atomic E-state index is 0.0921. The lowest BCUT2D eigenvalue weighted by Gasteiger charge is -2.11. The number of aromatic nitrogens is 3. The third-order valence-corrected chi connectivity index (χ3v) is 4.39. The van der Waals surface area contributed by atoms with E-state index in [9.17, 15) is 19.7 Å². The summed E-state index contributed by atoms with van der Waals surface area (Å²) in [4.78, 5) is 39.3. The predicted molar refractivity (Wildman–Crippen MR) is 109 cm³/mol. The van der Waals surface area contributed by atoms with Crippen molar-refractivity contribution in [2.75, 3.05) is 25.1 Å². The van der Waals surface area contributed by atoms with Crippen molar-refractivity contribution >= 4 is 23.3 Å². The molecule has 0 fully saturated rings. The summed E-state index contributed by atoms with van der Waals surface area (Å²) in [6.07, 6.45) is 5.21. The molecule has 12 heteroatoms. The van der Waals surface area contributed by atoms with Gasteiger partial charge in [-0.05, 0) is 18.2 Å². The van der Waals surface area contributed by atoms with Gasteiger partial charge in [-0.1, -0.05) is 0 Å². The fourth-order valence-electron chi connectivity index (χ4n) is 2.90. The quantitative estimate of drug-likeness (QED) is 0.346. The number of esters is 1. The molecule has 1 aliphatic heterocycles. The molecule has 1 aliphatic rings. The van der Waals surface area contributed by atoms with Crippen molar-refractivity contribution in [3.8, 4) is 17.3 Å². The van der Waals surface area contributed by atoms with Crippen LogP contribution < -0.4 is 14.8 Å². The maximum Gasteiger partial charge on any atom is 0.340 e. The highest BCUT2D eigenvalue weighted by molar-refractivity contribution is 5.97. The van der Waals surface area contributed by atoms with Crippen LogP contribution in [0.15, 0.2) is 48.9 Å². The number of fused-ring (bicyclic) bond motifs is 1. The van der Waals surface area contributed by atoms with Crippen LogP contribution in [0.3, 0.4) is 0 Å². The zero-order valence-electron chi connectivity index (χ0n) is 16.6. The summed E-state index contributed by atoms with van der Waals surface area (Å²) in [7, 11) is 0. The third kappa shape index (κ3) is 4.64. The van der Waals surface area contributed by atoms with Gasteiger partial charge in [0.15, 0.2) is 23.9 Å². The molecule has 0 atom stereocenters. The number of anilines is 1. The molecule has 0 aliphatic carbocycles. The van der Waals surface area contributed by atoms with Gasteiger partial charge in [-0.3, -0.25) is 14.9 Å². The van der Waals surface area contributed by atoms with E-state index < -0.39 is 23.4 Å². The SMILES string of the molecule is O=C(COC(=O)c1ccc(-n2cccn2)nc1)Nc1cc2c(cc1[N+](=O)[O-])OCCCO2. The number of amides is 1. The summed E-state index contributed by atoms with van der Waals surface area (Å²) < 4.78 is 17.4. The standard InChI is InChI=1S/C20H17N5O7/c26-19(12-32-20(27)13-3-4-18(21-11-13)24-6-1-5-22-24)23-14-9-16-17(10-15(14)25(28)29)31-8-2-7-30-16/h1,3-6,9-11H,2,7-8,12H2,(H,23,26). The van der Waals surface area contributed by atoms with Crippen molar-refractivity contribution < 1.29 is 28.7 Å². The fourth-order valence-corrected chi connectivity index (χ4v) is 2.90. The molecule has 32 heavy (non-hydrogen) atoms. The summed E-state index contributed by atoms with van der Waals surface area (Å²) >= 11 is 0. The number of ether oxygens (including phenoxy) is 3. The normalized spacial score (nSPS) is 12.5. The molecule has 0 saturated heterocycles. The Morgan fingerprint density at radius 1 is 1.22 bits per heavy atom. The first-order valence-corrected chi connectivity index (χ1v) is 9.52. The van der Waals surface area contributed by atoms with Crippen LogP contribution in [-0.4, -0.2) is 51.4 Å². The molecule has 0 saturated carbocycles. The number of nitro benzene ring substituents is 1. The number of carbonyl (C=O) groups is 2. The molecule has 1 N–H and O–H groups in total. The van der Waals surface area contributed by atoms with Gasteiger partial charge in [0.1, 0.15) is 5.69 Å². The zero-order valence-corrected chi connectivity index (χ0v) is 16.6. The molecular weight excluding hydrogens is 422 g/mol. The Morgan fingerprint density at radius 2 is 2.00 bits per heavy atom. The topological polar surface area (TPSA) is 148 Å². The van der Waals surface area contributed by atoms with E-state index in [2.05, 4.69) is 15.4 Å². The van der Waals surface area contributed by atoms with Crippen molar-refractivity contribution in [3.63, 3.8) is 0 Å². The average Bonchev–Trinajstić information content (AvgIpc) is 3.23. The second-order valence-corrected chi connectivity index (χ2v) is 6.60. The Kier molecular flexibility index (Phi) is 5.92. The van der Waals surface area contributed by atoms with E-state index in [0.717, 1.165) is 0 Å². The molecule has 3 aromatic rings. The van der Waals surface area contributed by atoms with Crippen LogP contribution in [0.2, 0.25) is 0 Å². The minimum atomic E-state index is -0.771. The second kappa shape index (κ2) is 9.12. The molecule has 4 rings (SSSR count). The fraction of sp³-hybridized carbons (Fsp3) is 0.200. The molecule has 1 aromatic carbocycles. The van der Waals surface area contributed by atoms with Crippen molar-refractivity contribution in [1.82, 2.24) is 14.8 Å². The summed E-state index contributed by atoms with van der Waals surface area (Å²) in [6, 6.07) is 7.30. The average molecular weight is 439 g/mol. The highest BCUT2D eigenvalue weighted by Gasteiger charge is 2.23. The second-order valence-electron chi connectivity index (χ2n) is 6.60. The predicted octanol–water partition coefficient (Wildman–Crippen LogP) is 2.13. The van der Waals surface area contributed by atoms with E-state index in [1.807, 2.05) is 0 Å².